The van der Waals surface area contributed by atoms with Gasteiger partial charge >= 0.3 is 7.12 Å². The number of rotatable bonds is 7. The van der Waals surface area contributed by atoms with E-state index >= 15 is 0 Å². The zero-order valence-electron chi connectivity index (χ0n) is 24.9. The van der Waals surface area contributed by atoms with E-state index in [-0.39, 0.29) is 47.5 Å². The highest BCUT2D eigenvalue weighted by atomic mass is 35.5. The standard InChI is InChI=1S/C34H40BClN2O5/c1-20(2)25-18-26-32(34(41)38(33(26)40)23-8-4-3-5-9-23)27-19-35(42)43-30(31(25)27)14-12-22(29-10-6-7-15-37-29)16-21-11-13-24(39)17-28(21)36/h6-7,10-11,13,15-17,20,23,26-27,30,32,39,42H,3-5,8-9,12,14,18-19H2,1-2H3/b22-16-/t26-,27+,30-,32-/m1/s1. The van der Waals surface area contributed by atoms with E-state index in [0.717, 1.165) is 54.5 Å². The van der Waals surface area contributed by atoms with Crippen LogP contribution in [0.25, 0.3) is 11.6 Å². The van der Waals surface area contributed by atoms with E-state index < -0.39 is 13.0 Å². The molecule has 3 heterocycles. The highest BCUT2D eigenvalue weighted by Crippen LogP contribution is 2.53. The molecule has 1 aromatic heterocycles. The number of hydrogen-bond acceptors (Lipinski definition) is 6. The molecule has 2 aliphatic carbocycles. The molecule has 226 valence electrons. The molecule has 3 fully saturated rings. The van der Waals surface area contributed by atoms with Gasteiger partial charge in [-0.2, -0.15) is 0 Å². The third kappa shape index (κ3) is 5.94. The molecule has 2 aromatic rings. The minimum absolute atomic E-state index is 0.00338. The Balaban J connectivity index is 1.32. The topological polar surface area (TPSA) is 100.0 Å². The zero-order chi connectivity index (χ0) is 30.2. The lowest BCUT2D eigenvalue weighted by molar-refractivity contribution is -0.143. The van der Waals surface area contributed by atoms with E-state index in [1.165, 1.54) is 11.6 Å². The number of carbonyl (C=O) groups is 2. The fourth-order valence-electron chi connectivity index (χ4n) is 7.91. The van der Waals surface area contributed by atoms with E-state index in [9.17, 15) is 19.7 Å². The van der Waals surface area contributed by atoms with E-state index in [1.807, 2.05) is 24.3 Å². The SMILES string of the molecule is CC(C)C1=C2[C@@H](CC/C(=C/c3ccc(O)cc3Cl)c3ccccn3)OB(O)C[C@@H]2[C@@H]2C(=O)N(C3CCCCC3)C(=O)[C@@H]2C1. The number of aromatic nitrogens is 1. The molecule has 6 rings (SSSR count). The van der Waals surface area contributed by atoms with Gasteiger partial charge in [-0.05, 0) is 103 Å². The molecule has 0 spiro atoms. The summed E-state index contributed by atoms with van der Waals surface area (Å²) in [5.74, 6) is -0.777. The second-order valence-corrected chi connectivity index (χ2v) is 13.3. The number of phenolic OH excluding ortho intramolecular Hbond substituents is 1. The summed E-state index contributed by atoms with van der Waals surface area (Å²) in [4.78, 5) is 34.0. The summed E-state index contributed by atoms with van der Waals surface area (Å²) in [5.41, 5.74) is 4.82. The van der Waals surface area contributed by atoms with Crippen molar-refractivity contribution in [1.29, 1.82) is 0 Å². The molecule has 1 saturated carbocycles. The summed E-state index contributed by atoms with van der Waals surface area (Å²) in [6.45, 7) is 4.29. The van der Waals surface area contributed by atoms with Gasteiger partial charge in [0.2, 0.25) is 11.8 Å². The van der Waals surface area contributed by atoms with Crippen LogP contribution < -0.4 is 0 Å². The van der Waals surface area contributed by atoms with Crippen molar-refractivity contribution >= 4 is 42.2 Å². The van der Waals surface area contributed by atoms with Crippen LogP contribution in [0, 0.1) is 23.7 Å². The number of carbonyl (C=O) groups excluding carboxylic acids is 2. The Morgan fingerprint density at radius 1 is 1.14 bits per heavy atom. The molecule has 0 unspecified atom stereocenters. The zero-order valence-corrected chi connectivity index (χ0v) is 25.7. The first kappa shape index (κ1) is 30.1. The molecule has 7 nitrogen and oxygen atoms in total. The largest absolute Gasteiger partial charge is 0.508 e. The maximum Gasteiger partial charge on any atom is 0.455 e. The van der Waals surface area contributed by atoms with Crippen molar-refractivity contribution in [2.45, 2.75) is 83.7 Å². The second kappa shape index (κ2) is 12.6. The quantitative estimate of drug-likeness (QED) is 0.212. The molecular weight excluding hydrogens is 563 g/mol. The molecule has 2 aliphatic heterocycles. The number of halogens is 1. The lowest BCUT2D eigenvalue weighted by atomic mass is 9.57. The Morgan fingerprint density at radius 2 is 1.93 bits per heavy atom. The lowest BCUT2D eigenvalue weighted by Crippen LogP contribution is -2.47. The predicted molar refractivity (Wildman–Crippen MR) is 168 cm³/mol. The summed E-state index contributed by atoms with van der Waals surface area (Å²) in [5, 5.41) is 21.3. The maximum atomic E-state index is 14.0. The van der Waals surface area contributed by atoms with Gasteiger partial charge in [0.25, 0.3) is 0 Å². The van der Waals surface area contributed by atoms with E-state index in [1.54, 1.807) is 23.2 Å². The number of benzene rings is 1. The number of fused-ring (bicyclic) bond motifs is 3. The van der Waals surface area contributed by atoms with Crippen molar-refractivity contribution in [2.75, 3.05) is 0 Å². The van der Waals surface area contributed by atoms with E-state index in [4.69, 9.17) is 16.3 Å². The van der Waals surface area contributed by atoms with Gasteiger partial charge in [-0.25, -0.2) is 0 Å². The van der Waals surface area contributed by atoms with Crippen LogP contribution in [0.4, 0.5) is 0 Å². The summed E-state index contributed by atoms with van der Waals surface area (Å²) in [6.07, 6.45) is 10.4. The first-order chi connectivity index (χ1) is 20.7. The molecule has 2 N–H and O–H groups in total. The van der Waals surface area contributed by atoms with Crippen LogP contribution in [0.3, 0.4) is 0 Å². The fourth-order valence-corrected chi connectivity index (χ4v) is 8.14. The Labute approximate surface area is 259 Å². The molecule has 9 heteroatoms. The molecular formula is C34H40BClN2O5. The molecule has 4 aliphatic rings. The Morgan fingerprint density at radius 3 is 2.63 bits per heavy atom. The minimum Gasteiger partial charge on any atom is -0.508 e. The summed E-state index contributed by atoms with van der Waals surface area (Å²) in [6, 6.07) is 10.7. The van der Waals surface area contributed by atoms with Gasteiger partial charge in [0.1, 0.15) is 5.75 Å². The number of amides is 2. The van der Waals surface area contributed by atoms with Crippen molar-refractivity contribution in [2.24, 2.45) is 23.7 Å². The minimum atomic E-state index is -1.01. The van der Waals surface area contributed by atoms with Gasteiger partial charge < -0.3 is 14.8 Å². The number of imide groups is 1. The van der Waals surface area contributed by atoms with Crippen molar-refractivity contribution in [1.82, 2.24) is 9.88 Å². The highest BCUT2D eigenvalue weighted by Gasteiger charge is 2.58. The summed E-state index contributed by atoms with van der Waals surface area (Å²) >= 11 is 6.47. The number of pyridine rings is 1. The van der Waals surface area contributed by atoms with Crippen LogP contribution in [0.2, 0.25) is 11.3 Å². The first-order valence-electron chi connectivity index (χ1n) is 15.8. The summed E-state index contributed by atoms with van der Waals surface area (Å²) in [7, 11) is -1.01. The lowest BCUT2D eigenvalue weighted by Gasteiger charge is -2.44. The van der Waals surface area contributed by atoms with Gasteiger partial charge in [-0.1, -0.05) is 56.4 Å². The average molecular weight is 603 g/mol. The van der Waals surface area contributed by atoms with Gasteiger partial charge in [-0.3, -0.25) is 19.5 Å². The number of likely N-dealkylation sites (tertiary alicyclic amines) is 1. The van der Waals surface area contributed by atoms with E-state index in [0.29, 0.717) is 30.6 Å². The number of phenols is 1. The van der Waals surface area contributed by atoms with Crippen LogP contribution in [-0.2, 0) is 14.2 Å². The maximum absolute atomic E-state index is 14.0. The van der Waals surface area contributed by atoms with Crippen LogP contribution in [0.1, 0.15) is 76.5 Å². The molecule has 2 amide bonds. The van der Waals surface area contributed by atoms with Gasteiger partial charge in [-0.15, -0.1) is 0 Å². The number of nitrogens with zero attached hydrogens (tertiary/aromatic N) is 2. The second-order valence-electron chi connectivity index (χ2n) is 12.9. The molecule has 2 saturated heterocycles. The van der Waals surface area contributed by atoms with Crippen molar-refractivity contribution in [3.63, 3.8) is 0 Å². The molecule has 0 radical (unpaired) electrons. The van der Waals surface area contributed by atoms with Gasteiger partial charge in [0.05, 0.1) is 28.7 Å². The molecule has 0 bridgehead atoms. The van der Waals surface area contributed by atoms with Crippen LogP contribution >= 0.6 is 11.6 Å². The smallest absolute Gasteiger partial charge is 0.455 e. The van der Waals surface area contributed by atoms with E-state index in [2.05, 4.69) is 18.8 Å². The number of hydrogen-bond donors (Lipinski definition) is 2. The monoisotopic (exact) mass is 602 g/mol. The van der Waals surface area contributed by atoms with Gasteiger partial charge in [0, 0.05) is 12.2 Å². The Bertz CT molecular complexity index is 1440. The highest BCUT2D eigenvalue weighted by molar-refractivity contribution is 6.43. The normalized spacial score (nSPS) is 26.8. The molecule has 1 aromatic carbocycles. The Kier molecular flexibility index (Phi) is 8.81. The summed E-state index contributed by atoms with van der Waals surface area (Å²) < 4.78 is 6.25. The van der Waals surface area contributed by atoms with Crippen molar-refractivity contribution in [3.05, 3.63) is 70.0 Å². The van der Waals surface area contributed by atoms with Crippen molar-refractivity contribution < 1.29 is 24.4 Å². The van der Waals surface area contributed by atoms with Gasteiger partial charge in [0.15, 0.2) is 0 Å². The molecule has 4 atom stereocenters. The van der Waals surface area contributed by atoms with Crippen molar-refractivity contribution in [3.8, 4) is 5.75 Å². The van der Waals surface area contributed by atoms with Crippen LogP contribution in [0.15, 0.2) is 53.7 Å². The van der Waals surface area contributed by atoms with Crippen LogP contribution in [0.5, 0.6) is 5.75 Å². The first-order valence-corrected chi connectivity index (χ1v) is 16.1. The third-order valence-corrected chi connectivity index (χ3v) is 10.2. The fraction of sp³-hybridized carbons (Fsp3) is 0.500. The molecule has 43 heavy (non-hydrogen) atoms. The number of allylic oxidation sites excluding steroid dienone is 2. The number of aromatic hydroxyl groups is 1. The van der Waals surface area contributed by atoms with Crippen LogP contribution in [-0.4, -0.2) is 51.1 Å². The average Bonchev–Trinajstić information content (AvgIpc) is 3.25. The predicted octanol–water partition coefficient (Wildman–Crippen LogP) is 6.55. The Hall–Kier alpha value is -2.94. The third-order valence-electron chi connectivity index (χ3n) is 9.90.